The molecule has 152 valence electrons. The van der Waals surface area contributed by atoms with Crippen molar-refractivity contribution in [3.63, 3.8) is 0 Å². The highest BCUT2D eigenvalue weighted by molar-refractivity contribution is 6.31. The van der Waals surface area contributed by atoms with Crippen LogP contribution in [-0.4, -0.2) is 65.1 Å². The molecule has 2 fully saturated rings. The van der Waals surface area contributed by atoms with E-state index < -0.39 is 12.2 Å². The van der Waals surface area contributed by atoms with Gasteiger partial charge in [0, 0.05) is 47.8 Å². The SMILES string of the molecule is N#CC1C[C@H](F)CN1C(=O)CN1CCC(Nc2ccnc3ccc(Cl)cc23)CC1. The number of rotatable bonds is 4. The number of benzene rings is 1. The molecule has 0 spiro atoms. The first kappa shape index (κ1) is 19.9. The first-order chi connectivity index (χ1) is 14.0. The maximum absolute atomic E-state index is 13.6. The molecule has 4 rings (SSSR count). The summed E-state index contributed by atoms with van der Waals surface area (Å²) in [6.45, 7) is 1.83. The Balaban J connectivity index is 1.33. The maximum atomic E-state index is 13.6. The maximum Gasteiger partial charge on any atom is 0.237 e. The summed E-state index contributed by atoms with van der Waals surface area (Å²) in [6, 6.07) is 9.31. The standard InChI is InChI=1S/C21H23ClFN5O/c22-14-1-2-19-18(9-14)20(3-6-25-19)26-16-4-7-27(8-5-16)13-21(29)28-12-15(23)10-17(28)11-24/h1-3,6,9,15-17H,4-5,7-8,10,12-13H2,(H,25,26)/t15-,17?/m0/s1. The van der Waals surface area contributed by atoms with Crippen LogP contribution in [0.3, 0.4) is 0 Å². The second-order valence-corrected chi connectivity index (χ2v) is 8.18. The number of alkyl halides is 1. The van der Waals surface area contributed by atoms with Gasteiger partial charge in [0.2, 0.25) is 5.91 Å². The zero-order valence-corrected chi connectivity index (χ0v) is 16.8. The summed E-state index contributed by atoms with van der Waals surface area (Å²) < 4.78 is 13.6. The minimum Gasteiger partial charge on any atom is -0.382 e. The molecule has 2 saturated heterocycles. The van der Waals surface area contributed by atoms with Gasteiger partial charge in [0.1, 0.15) is 12.2 Å². The van der Waals surface area contributed by atoms with E-state index in [4.69, 9.17) is 16.9 Å². The lowest BCUT2D eigenvalue weighted by molar-refractivity contribution is -0.132. The molecule has 1 amide bonds. The van der Waals surface area contributed by atoms with Crippen LogP contribution in [0, 0.1) is 11.3 Å². The van der Waals surface area contributed by atoms with Crippen LogP contribution in [-0.2, 0) is 4.79 Å². The lowest BCUT2D eigenvalue weighted by Gasteiger charge is -2.33. The number of pyridine rings is 1. The van der Waals surface area contributed by atoms with Crippen molar-refractivity contribution in [2.75, 3.05) is 31.5 Å². The molecule has 2 atom stereocenters. The Morgan fingerprint density at radius 1 is 1.34 bits per heavy atom. The van der Waals surface area contributed by atoms with Gasteiger partial charge in [-0.05, 0) is 37.1 Å². The number of likely N-dealkylation sites (tertiary alicyclic amines) is 2. The van der Waals surface area contributed by atoms with Crippen molar-refractivity contribution in [3.05, 3.63) is 35.5 Å². The zero-order chi connectivity index (χ0) is 20.4. The molecule has 29 heavy (non-hydrogen) atoms. The van der Waals surface area contributed by atoms with Gasteiger partial charge in [-0.2, -0.15) is 5.26 Å². The topological polar surface area (TPSA) is 72.3 Å². The summed E-state index contributed by atoms with van der Waals surface area (Å²) in [4.78, 5) is 20.4. The number of piperidine rings is 1. The molecule has 2 aliphatic rings. The van der Waals surface area contributed by atoms with E-state index in [1.807, 2.05) is 30.3 Å². The van der Waals surface area contributed by atoms with Crippen molar-refractivity contribution in [1.29, 1.82) is 5.26 Å². The predicted molar refractivity (Wildman–Crippen MR) is 110 cm³/mol. The van der Waals surface area contributed by atoms with Gasteiger partial charge in [-0.3, -0.25) is 14.7 Å². The van der Waals surface area contributed by atoms with E-state index in [2.05, 4.69) is 15.2 Å². The van der Waals surface area contributed by atoms with E-state index in [1.54, 1.807) is 6.20 Å². The second kappa shape index (κ2) is 8.52. The van der Waals surface area contributed by atoms with Gasteiger partial charge in [-0.25, -0.2) is 4.39 Å². The Hall–Kier alpha value is -2.43. The van der Waals surface area contributed by atoms with E-state index in [0.29, 0.717) is 11.1 Å². The zero-order valence-electron chi connectivity index (χ0n) is 16.0. The first-order valence-corrected chi connectivity index (χ1v) is 10.3. The Morgan fingerprint density at radius 3 is 2.90 bits per heavy atom. The molecule has 2 aromatic rings. The Morgan fingerprint density at radius 2 is 2.14 bits per heavy atom. The van der Waals surface area contributed by atoms with Gasteiger partial charge in [-0.1, -0.05) is 11.6 Å². The first-order valence-electron chi connectivity index (χ1n) is 9.90. The largest absolute Gasteiger partial charge is 0.382 e. The molecular weight excluding hydrogens is 393 g/mol. The van der Waals surface area contributed by atoms with Crippen LogP contribution in [0.2, 0.25) is 5.02 Å². The monoisotopic (exact) mass is 415 g/mol. The minimum absolute atomic E-state index is 0.0345. The summed E-state index contributed by atoms with van der Waals surface area (Å²) in [7, 11) is 0. The van der Waals surface area contributed by atoms with Gasteiger partial charge >= 0.3 is 0 Å². The predicted octanol–water partition coefficient (Wildman–Crippen LogP) is 3.23. The van der Waals surface area contributed by atoms with E-state index in [9.17, 15) is 9.18 Å². The van der Waals surface area contributed by atoms with E-state index >= 15 is 0 Å². The third-order valence-corrected chi connectivity index (χ3v) is 5.96. The third kappa shape index (κ3) is 4.44. The highest BCUT2D eigenvalue weighted by Gasteiger charge is 2.36. The number of aromatic nitrogens is 1. The highest BCUT2D eigenvalue weighted by Crippen LogP contribution is 2.27. The van der Waals surface area contributed by atoms with E-state index in [-0.39, 0.29) is 25.4 Å². The number of carbonyl (C=O) groups is 1. The van der Waals surface area contributed by atoms with Crippen LogP contribution in [0.4, 0.5) is 10.1 Å². The van der Waals surface area contributed by atoms with Crippen molar-refractivity contribution >= 4 is 34.1 Å². The molecule has 0 saturated carbocycles. The van der Waals surface area contributed by atoms with Crippen LogP contribution in [0.5, 0.6) is 0 Å². The molecule has 1 aromatic heterocycles. The van der Waals surface area contributed by atoms with Crippen LogP contribution >= 0.6 is 11.6 Å². The number of fused-ring (bicyclic) bond motifs is 1. The number of nitrogens with zero attached hydrogens (tertiary/aromatic N) is 4. The van der Waals surface area contributed by atoms with Gasteiger partial charge in [0.05, 0.1) is 24.7 Å². The number of nitrogens with one attached hydrogen (secondary N) is 1. The van der Waals surface area contributed by atoms with Crippen LogP contribution in [0.1, 0.15) is 19.3 Å². The summed E-state index contributed by atoms with van der Waals surface area (Å²) >= 11 is 6.14. The Labute approximate surface area is 174 Å². The Bertz CT molecular complexity index is 940. The lowest BCUT2D eigenvalue weighted by atomic mass is 10.0. The van der Waals surface area contributed by atoms with Crippen LogP contribution < -0.4 is 5.32 Å². The number of halogens is 2. The summed E-state index contributed by atoms with van der Waals surface area (Å²) in [6.07, 6.45) is 2.60. The summed E-state index contributed by atoms with van der Waals surface area (Å²) in [5.74, 6) is -0.155. The van der Waals surface area contributed by atoms with Crippen molar-refractivity contribution in [2.45, 2.75) is 37.5 Å². The quantitative estimate of drug-likeness (QED) is 0.830. The normalized spacial score (nSPS) is 23.3. The van der Waals surface area contributed by atoms with E-state index in [1.165, 1.54) is 4.90 Å². The van der Waals surface area contributed by atoms with Crippen molar-refractivity contribution in [1.82, 2.24) is 14.8 Å². The average molecular weight is 416 g/mol. The number of carbonyl (C=O) groups excluding carboxylic acids is 1. The van der Waals surface area contributed by atoms with Gasteiger partial charge in [-0.15, -0.1) is 0 Å². The van der Waals surface area contributed by atoms with Crippen LogP contribution in [0.15, 0.2) is 30.5 Å². The smallest absolute Gasteiger partial charge is 0.237 e. The Kier molecular flexibility index (Phi) is 5.84. The van der Waals surface area contributed by atoms with Gasteiger partial charge in [0.25, 0.3) is 0 Å². The molecule has 0 radical (unpaired) electrons. The molecule has 8 heteroatoms. The molecule has 1 unspecified atom stereocenters. The number of hydrogen-bond donors (Lipinski definition) is 1. The van der Waals surface area contributed by atoms with Crippen molar-refractivity contribution in [3.8, 4) is 6.07 Å². The second-order valence-electron chi connectivity index (χ2n) is 7.74. The van der Waals surface area contributed by atoms with Crippen molar-refractivity contribution < 1.29 is 9.18 Å². The third-order valence-electron chi connectivity index (χ3n) is 5.73. The van der Waals surface area contributed by atoms with Crippen LogP contribution in [0.25, 0.3) is 10.9 Å². The average Bonchev–Trinajstić information content (AvgIpc) is 3.11. The number of anilines is 1. The molecule has 1 N–H and O–H groups in total. The molecule has 1 aromatic carbocycles. The number of hydrogen-bond acceptors (Lipinski definition) is 5. The minimum atomic E-state index is -1.10. The fraction of sp³-hybridized carbons (Fsp3) is 0.476. The fourth-order valence-electron chi connectivity index (χ4n) is 4.16. The van der Waals surface area contributed by atoms with E-state index in [0.717, 1.165) is 42.5 Å². The molecule has 2 aliphatic heterocycles. The number of amides is 1. The van der Waals surface area contributed by atoms with Gasteiger partial charge in [0.15, 0.2) is 0 Å². The number of nitriles is 1. The fourth-order valence-corrected chi connectivity index (χ4v) is 4.34. The molecule has 3 heterocycles. The van der Waals surface area contributed by atoms with Crippen molar-refractivity contribution in [2.24, 2.45) is 0 Å². The summed E-state index contributed by atoms with van der Waals surface area (Å²) in [5.41, 5.74) is 1.90. The molecular formula is C21H23ClFN5O. The molecule has 6 nitrogen and oxygen atoms in total. The highest BCUT2D eigenvalue weighted by atomic mass is 35.5. The summed E-state index contributed by atoms with van der Waals surface area (Å²) in [5, 5.41) is 14.4. The van der Waals surface area contributed by atoms with Gasteiger partial charge < -0.3 is 10.2 Å². The molecule has 0 aliphatic carbocycles. The lowest BCUT2D eigenvalue weighted by Crippen LogP contribution is -2.46. The molecule has 0 bridgehead atoms.